The average Bonchev–Trinajstić information content (AvgIpc) is 3.78. The molecule has 196 valence electrons. The lowest BCUT2D eigenvalue weighted by atomic mass is 10.00. The molecule has 1 heterocycles. The van der Waals surface area contributed by atoms with E-state index in [-0.39, 0.29) is 17.5 Å². The van der Waals surface area contributed by atoms with Crippen LogP contribution in [0.4, 0.5) is 5.69 Å². The second-order valence-electron chi connectivity index (χ2n) is 9.28. The van der Waals surface area contributed by atoms with Crippen LogP contribution in [-0.2, 0) is 4.74 Å². The fourth-order valence-corrected chi connectivity index (χ4v) is 4.13. The van der Waals surface area contributed by atoms with E-state index in [2.05, 4.69) is 21.7 Å². The number of carbonyl (C=O) groups is 2. The molecule has 8 heteroatoms. The number of aryl methyl sites for hydroxylation is 1. The summed E-state index contributed by atoms with van der Waals surface area (Å²) in [5.74, 6) is 0.102. The van der Waals surface area contributed by atoms with Crippen LogP contribution in [0.1, 0.15) is 61.9 Å². The Morgan fingerprint density at radius 2 is 1.89 bits per heavy atom. The van der Waals surface area contributed by atoms with Crippen LogP contribution in [0.5, 0.6) is 0 Å². The van der Waals surface area contributed by atoms with Crippen molar-refractivity contribution in [3.63, 3.8) is 0 Å². The zero-order valence-corrected chi connectivity index (χ0v) is 21.7. The first-order valence-electron chi connectivity index (χ1n) is 12.5. The summed E-state index contributed by atoms with van der Waals surface area (Å²) >= 11 is 0. The first kappa shape index (κ1) is 26.6. The molecule has 0 aliphatic heterocycles. The number of amides is 2. The Morgan fingerprint density at radius 3 is 2.63 bits per heavy atom. The number of carbonyl (C=O) groups excluding carboxylic acids is 2. The number of nitrogens with zero attached hydrogens (tertiary/aromatic N) is 1. The Labute approximate surface area is 222 Å². The smallest absolute Gasteiger partial charge is 0.269 e. The van der Waals surface area contributed by atoms with Crippen LogP contribution in [0.25, 0.3) is 11.3 Å². The van der Waals surface area contributed by atoms with Crippen molar-refractivity contribution in [3.8, 4) is 0 Å². The van der Waals surface area contributed by atoms with Crippen molar-refractivity contribution in [2.75, 3.05) is 25.6 Å². The number of hydrogen-bond acceptors (Lipinski definition) is 6. The number of methoxy groups -OCH3 is 1. The van der Waals surface area contributed by atoms with Gasteiger partial charge in [-0.05, 0) is 90.4 Å². The minimum Gasteiger partial charge on any atom is -0.404 e. The van der Waals surface area contributed by atoms with Gasteiger partial charge in [0.1, 0.15) is 5.69 Å². The molecule has 0 bridgehead atoms. The number of rotatable bonds is 10. The molecule has 0 unspecified atom stereocenters. The summed E-state index contributed by atoms with van der Waals surface area (Å²) in [6, 6.07) is 16.8. The highest BCUT2D eigenvalue weighted by Crippen LogP contribution is 2.40. The third-order valence-corrected chi connectivity index (χ3v) is 6.41. The van der Waals surface area contributed by atoms with Crippen LogP contribution in [0.15, 0.2) is 73.1 Å². The second-order valence-corrected chi connectivity index (χ2v) is 9.28. The first-order valence-corrected chi connectivity index (χ1v) is 12.5. The number of aromatic nitrogens is 1. The Morgan fingerprint density at radius 1 is 1.08 bits per heavy atom. The van der Waals surface area contributed by atoms with Gasteiger partial charge in [0, 0.05) is 48.6 Å². The molecule has 1 saturated carbocycles. The summed E-state index contributed by atoms with van der Waals surface area (Å²) < 4.78 is 4.96. The Bertz CT molecular complexity index is 1390. The van der Waals surface area contributed by atoms with Crippen molar-refractivity contribution in [1.29, 1.82) is 0 Å². The van der Waals surface area contributed by atoms with E-state index in [9.17, 15) is 9.59 Å². The van der Waals surface area contributed by atoms with E-state index in [1.54, 1.807) is 31.5 Å². The Kier molecular flexibility index (Phi) is 8.55. The molecular formula is C30H33N5O3. The number of nitrogens with two attached hydrogens (primary N) is 2. The molecule has 0 spiro atoms. The topological polar surface area (TPSA) is 132 Å². The monoisotopic (exact) mass is 511 g/mol. The van der Waals surface area contributed by atoms with Crippen molar-refractivity contribution in [1.82, 2.24) is 10.3 Å². The molecule has 0 atom stereocenters. The molecule has 1 aliphatic rings. The van der Waals surface area contributed by atoms with Gasteiger partial charge >= 0.3 is 0 Å². The van der Waals surface area contributed by atoms with Gasteiger partial charge in [0.25, 0.3) is 11.8 Å². The van der Waals surface area contributed by atoms with E-state index in [4.69, 9.17) is 16.2 Å². The molecule has 8 nitrogen and oxygen atoms in total. The minimum absolute atomic E-state index is 0.166. The van der Waals surface area contributed by atoms with Gasteiger partial charge in [0.2, 0.25) is 0 Å². The van der Waals surface area contributed by atoms with E-state index in [1.165, 1.54) is 24.6 Å². The van der Waals surface area contributed by atoms with Gasteiger partial charge in [-0.15, -0.1) is 0 Å². The molecule has 3 aromatic rings. The standard InChI is InChI=1S/C30H33N5O3/c1-19-6-9-25(35-29(36)23-5-3-4-21(14-23)20-7-8-20)17-26(19)27(32)15-24(18-31)22-10-11-33-28(16-22)30(37)34-12-13-38-2/h3-6,9-11,14-18,20H,7-8,12-13,31-32H2,1-2H3,(H,34,37)(H,35,36)/b24-18+,27-15-. The van der Waals surface area contributed by atoms with Gasteiger partial charge in [0.05, 0.1) is 6.61 Å². The maximum absolute atomic E-state index is 12.9. The summed E-state index contributed by atoms with van der Waals surface area (Å²) in [4.78, 5) is 29.5. The van der Waals surface area contributed by atoms with Crippen molar-refractivity contribution >= 4 is 28.8 Å². The highest BCUT2D eigenvalue weighted by atomic mass is 16.5. The van der Waals surface area contributed by atoms with E-state index in [1.807, 2.05) is 43.3 Å². The summed E-state index contributed by atoms with van der Waals surface area (Å²) in [5, 5.41) is 5.74. The predicted octanol–water partition coefficient (Wildman–Crippen LogP) is 4.20. The summed E-state index contributed by atoms with van der Waals surface area (Å²) in [6.45, 7) is 2.73. The molecule has 6 N–H and O–H groups in total. The molecule has 0 saturated heterocycles. The van der Waals surface area contributed by atoms with Gasteiger partial charge in [0.15, 0.2) is 0 Å². The van der Waals surface area contributed by atoms with Crippen LogP contribution in [-0.4, -0.2) is 37.1 Å². The normalized spacial score (nSPS) is 13.7. The molecule has 0 radical (unpaired) electrons. The molecule has 1 fully saturated rings. The highest BCUT2D eigenvalue weighted by molar-refractivity contribution is 6.04. The fourth-order valence-electron chi connectivity index (χ4n) is 4.13. The molecule has 38 heavy (non-hydrogen) atoms. The molecular weight excluding hydrogens is 478 g/mol. The summed E-state index contributed by atoms with van der Waals surface area (Å²) in [5.41, 5.74) is 18.7. The maximum atomic E-state index is 12.9. The SMILES string of the molecule is COCCNC(=O)c1cc(C(/C=C(\N)c2cc(NC(=O)c3cccc(C4CC4)c3)ccc2C)=C/N)ccn1. The Balaban J connectivity index is 1.52. The van der Waals surface area contributed by atoms with E-state index < -0.39 is 0 Å². The van der Waals surface area contributed by atoms with Crippen molar-refractivity contribution < 1.29 is 14.3 Å². The third-order valence-electron chi connectivity index (χ3n) is 6.41. The lowest BCUT2D eigenvalue weighted by Crippen LogP contribution is -2.27. The summed E-state index contributed by atoms with van der Waals surface area (Å²) in [7, 11) is 1.57. The number of nitrogens with one attached hydrogen (secondary N) is 2. The number of ether oxygens (including phenoxy) is 1. The Hall–Kier alpha value is -4.43. The largest absolute Gasteiger partial charge is 0.404 e. The van der Waals surface area contributed by atoms with Crippen LogP contribution in [0.2, 0.25) is 0 Å². The van der Waals surface area contributed by atoms with Gasteiger partial charge in [-0.25, -0.2) is 0 Å². The van der Waals surface area contributed by atoms with E-state index in [0.717, 1.165) is 11.1 Å². The minimum atomic E-state index is -0.306. The number of pyridine rings is 1. The van der Waals surface area contributed by atoms with Crippen molar-refractivity contribution in [3.05, 3.63) is 107 Å². The van der Waals surface area contributed by atoms with Gasteiger partial charge in [-0.1, -0.05) is 18.2 Å². The molecule has 2 aromatic carbocycles. The quantitative estimate of drug-likeness (QED) is 0.238. The molecule has 1 aliphatic carbocycles. The number of allylic oxidation sites excluding steroid dienone is 2. The first-order chi connectivity index (χ1) is 18.4. The van der Waals surface area contributed by atoms with Crippen molar-refractivity contribution in [2.45, 2.75) is 25.7 Å². The lowest BCUT2D eigenvalue weighted by molar-refractivity contribution is 0.0931. The number of anilines is 1. The predicted molar refractivity (Wildman–Crippen MR) is 150 cm³/mol. The zero-order chi connectivity index (χ0) is 27.1. The van der Waals surface area contributed by atoms with E-state index >= 15 is 0 Å². The number of benzene rings is 2. The zero-order valence-electron chi connectivity index (χ0n) is 21.7. The second kappa shape index (κ2) is 12.2. The van der Waals surface area contributed by atoms with Crippen LogP contribution >= 0.6 is 0 Å². The summed E-state index contributed by atoms with van der Waals surface area (Å²) in [6.07, 6.45) is 7.09. The molecule has 1 aromatic heterocycles. The third kappa shape index (κ3) is 6.66. The van der Waals surface area contributed by atoms with Crippen LogP contribution < -0.4 is 22.1 Å². The maximum Gasteiger partial charge on any atom is 0.269 e. The van der Waals surface area contributed by atoms with Crippen molar-refractivity contribution in [2.24, 2.45) is 11.5 Å². The van der Waals surface area contributed by atoms with Crippen LogP contribution in [0.3, 0.4) is 0 Å². The number of hydrogen-bond donors (Lipinski definition) is 4. The van der Waals surface area contributed by atoms with Gasteiger partial charge in [-0.3, -0.25) is 14.6 Å². The highest BCUT2D eigenvalue weighted by Gasteiger charge is 2.24. The van der Waals surface area contributed by atoms with Gasteiger partial charge in [-0.2, -0.15) is 0 Å². The fraction of sp³-hybridized carbons (Fsp3) is 0.233. The van der Waals surface area contributed by atoms with Gasteiger partial charge < -0.3 is 26.8 Å². The van der Waals surface area contributed by atoms with E-state index in [0.29, 0.717) is 47.2 Å². The molecule has 2 amide bonds. The lowest BCUT2D eigenvalue weighted by Gasteiger charge is -2.12. The van der Waals surface area contributed by atoms with Crippen LogP contribution in [0, 0.1) is 6.92 Å². The molecule has 4 rings (SSSR count). The average molecular weight is 512 g/mol.